The summed E-state index contributed by atoms with van der Waals surface area (Å²) in [5, 5.41) is 15.8. The highest BCUT2D eigenvalue weighted by molar-refractivity contribution is 5.83. The van der Waals surface area contributed by atoms with E-state index in [0.29, 0.717) is 25.8 Å². The van der Waals surface area contributed by atoms with Crippen LogP contribution in [-0.4, -0.2) is 67.5 Å². The van der Waals surface area contributed by atoms with Gasteiger partial charge in [0.15, 0.2) is 11.5 Å². The molecule has 1 saturated heterocycles. The van der Waals surface area contributed by atoms with Crippen LogP contribution in [0.5, 0.6) is 17.2 Å². The Bertz CT molecular complexity index is 1140. The highest BCUT2D eigenvalue weighted by Crippen LogP contribution is 2.31. The zero-order chi connectivity index (χ0) is 24.0. The lowest BCUT2D eigenvalue weighted by Gasteiger charge is -2.24. The SMILES string of the molecule is COc1ccc2nccc(C(O)CN3CCCC(NCCc4ccc5c(c4)OCCO5)CC3)c2c1. The second kappa shape index (κ2) is 11.2. The maximum atomic E-state index is 11.1. The molecule has 0 amide bonds. The Balaban J connectivity index is 1.12. The number of likely N-dealkylation sites (tertiary alicyclic amines) is 1. The number of methoxy groups -OCH3 is 1. The quantitative estimate of drug-likeness (QED) is 0.512. The Labute approximate surface area is 207 Å². The fourth-order valence-corrected chi connectivity index (χ4v) is 5.11. The number of rotatable bonds is 8. The van der Waals surface area contributed by atoms with Crippen LogP contribution < -0.4 is 19.5 Å². The molecule has 7 heteroatoms. The van der Waals surface area contributed by atoms with Gasteiger partial charge in [-0.05, 0) is 92.8 Å². The Hall–Kier alpha value is -2.87. The second-order valence-corrected chi connectivity index (χ2v) is 9.41. The minimum atomic E-state index is -0.563. The lowest BCUT2D eigenvalue weighted by Crippen LogP contribution is -2.33. The Morgan fingerprint density at radius 1 is 1.09 bits per heavy atom. The van der Waals surface area contributed by atoms with Crippen LogP contribution in [0, 0.1) is 0 Å². The molecule has 3 heterocycles. The van der Waals surface area contributed by atoms with Crippen molar-refractivity contribution in [3.8, 4) is 17.2 Å². The van der Waals surface area contributed by atoms with Gasteiger partial charge in [0.1, 0.15) is 19.0 Å². The van der Waals surface area contributed by atoms with Gasteiger partial charge in [0.05, 0.1) is 18.7 Å². The summed E-state index contributed by atoms with van der Waals surface area (Å²) < 4.78 is 16.7. The molecule has 35 heavy (non-hydrogen) atoms. The molecule has 2 N–H and O–H groups in total. The summed E-state index contributed by atoms with van der Waals surface area (Å²) >= 11 is 0. The summed E-state index contributed by atoms with van der Waals surface area (Å²) in [6, 6.07) is 14.5. The van der Waals surface area contributed by atoms with Gasteiger partial charge in [-0.3, -0.25) is 4.98 Å². The standard InChI is InChI=1S/C28H35N3O4/c1-33-22-5-6-25-24(18-22)23(9-12-30-25)26(32)19-31-13-2-3-21(10-14-31)29-11-8-20-4-7-27-28(17-20)35-16-15-34-27/h4-7,9,12,17-18,21,26,29,32H,2-3,8,10-11,13-16,19H2,1H3. The van der Waals surface area contributed by atoms with E-state index >= 15 is 0 Å². The van der Waals surface area contributed by atoms with Crippen molar-refractivity contribution in [1.29, 1.82) is 0 Å². The van der Waals surface area contributed by atoms with Gasteiger partial charge >= 0.3 is 0 Å². The molecule has 1 fully saturated rings. The normalized spacial score (nSPS) is 19.3. The van der Waals surface area contributed by atoms with E-state index in [9.17, 15) is 5.11 Å². The summed E-state index contributed by atoms with van der Waals surface area (Å²) in [5.41, 5.74) is 3.05. The first-order valence-corrected chi connectivity index (χ1v) is 12.6. The van der Waals surface area contributed by atoms with E-state index < -0.39 is 6.10 Å². The van der Waals surface area contributed by atoms with Crippen molar-refractivity contribution in [1.82, 2.24) is 15.2 Å². The number of hydrogen-bond acceptors (Lipinski definition) is 7. The van der Waals surface area contributed by atoms with Gasteiger partial charge in [-0.25, -0.2) is 0 Å². The topological polar surface area (TPSA) is 76.1 Å². The van der Waals surface area contributed by atoms with E-state index in [4.69, 9.17) is 14.2 Å². The number of β-amino-alcohol motifs (C(OH)–C–C–N with tert-alkyl or cyclic N) is 1. The molecule has 2 atom stereocenters. The molecule has 5 rings (SSSR count). The molecule has 0 radical (unpaired) electrons. The third-order valence-corrected chi connectivity index (χ3v) is 7.05. The first kappa shape index (κ1) is 23.9. The second-order valence-electron chi connectivity index (χ2n) is 9.41. The Kier molecular flexibility index (Phi) is 7.66. The fraction of sp³-hybridized carbons (Fsp3) is 0.464. The number of hydrogen-bond donors (Lipinski definition) is 2. The maximum Gasteiger partial charge on any atom is 0.161 e. The molecular weight excluding hydrogens is 442 g/mol. The minimum Gasteiger partial charge on any atom is -0.497 e. The summed E-state index contributed by atoms with van der Waals surface area (Å²) in [4.78, 5) is 6.83. The van der Waals surface area contributed by atoms with Crippen LogP contribution in [0.3, 0.4) is 0 Å². The van der Waals surface area contributed by atoms with Crippen molar-refractivity contribution in [2.24, 2.45) is 0 Å². The summed E-state index contributed by atoms with van der Waals surface area (Å²) in [7, 11) is 1.66. The number of ether oxygens (including phenoxy) is 3. The molecule has 1 aromatic heterocycles. The van der Waals surface area contributed by atoms with E-state index in [0.717, 1.165) is 79.0 Å². The molecular formula is C28H35N3O4. The van der Waals surface area contributed by atoms with Gasteiger partial charge < -0.3 is 29.5 Å². The van der Waals surface area contributed by atoms with E-state index in [2.05, 4.69) is 27.3 Å². The Morgan fingerprint density at radius 2 is 1.97 bits per heavy atom. The zero-order valence-electron chi connectivity index (χ0n) is 20.4. The monoisotopic (exact) mass is 477 g/mol. The molecule has 0 aliphatic carbocycles. The number of pyridine rings is 1. The van der Waals surface area contributed by atoms with Crippen molar-refractivity contribution < 1.29 is 19.3 Å². The van der Waals surface area contributed by atoms with E-state index in [1.165, 1.54) is 5.56 Å². The highest BCUT2D eigenvalue weighted by atomic mass is 16.6. The third kappa shape index (κ3) is 5.86. The Morgan fingerprint density at radius 3 is 2.86 bits per heavy atom. The van der Waals surface area contributed by atoms with Gasteiger partial charge in [-0.2, -0.15) is 0 Å². The van der Waals surface area contributed by atoms with Crippen molar-refractivity contribution >= 4 is 10.9 Å². The van der Waals surface area contributed by atoms with Crippen LogP contribution in [0.4, 0.5) is 0 Å². The van der Waals surface area contributed by atoms with Gasteiger partial charge in [-0.15, -0.1) is 0 Å². The van der Waals surface area contributed by atoms with Gasteiger partial charge in [0, 0.05) is 24.2 Å². The number of nitrogens with one attached hydrogen (secondary N) is 1. The number of nitrogens with zero attached hydrogens (tertiary/aromatic N) is 2. The lowest BCUT2D eigenvalue weighted by atomic mass is 10.0. The molecule has 2 aliphatic rings. The number of fused-ring (bicyclic) bond motifs is 2. The zero-order valence-corrected chi connectivity index (χ0v) is 20.4. The van der Waals surface area contributed by atoms with Gasteiger partial charge in [0.25, 0.3) is 0 Å². The third-order valence-electron chi connectivity index (χ3n) is 7.05. The number of aromatic nitrogens is 1. The molecule has 2 aromatic carbocycles. The lowest BCUT2D eigenvalue weighted by molar-refractivity contribution is 0.116. The van der Waals surface area contributed by atoms with E-state index in [1.807, 2.05) is 30.3 Å². The van der Waals surface area contributed by atoms with Crippen molar-refractivity contribution in [3.63, 3.8) is 0 Å². The average Bonchev–Trinajstić information content (AvgIpc) is 3.12. The first-order valence-electron chi connectivity index (χ1n) is 12.6. The van der Waals surface area contributed by atoms with Crippen LogP contribution in [0.1, 0.15) is 36.5 Å². The predicted molar refractivity (Wildman–Crippen MR) is 136 cm³/mol. The van der Waals surface area contributed by atoms with Crippen LogP contribution in [0.15, 0.2) is 48.7 Å². The van der Waals surface area contributed by atoms with Crippen LogP contribution in [0.2, 0.25) is 0 Å². The molecule has 0 saturated carbocycles. The summed E-state index contributed by atoms with van der Waals surface area (Å²) in [6.45, 7) is 4.79. The molecule has 7 nitrogen and oxygen atoms in total. The molecule has 3 aromatic rings. The van der Waals surface area contributed by atoms with Gasteiger partial charge in [-0.1, -0.05) is 6.07 Å². The predicted octanol–water partition coefficient (Wildman–Crippen LogP) is 3.73. The summed E-state index contributed by atoms with van der Waals surface area (Å²) in [6.07, 6.45) is 5.54. The van der Waals surface area contributed by atoms with Crippen LogP contribution >= 0.6 is 0 Å². The molecule has 0 spiro atoms. The first-order chi connectivity index (χ1) is 17.2. The summed E-state index contributed by atoms with van der Waals surface area (Å²) in [5.74, 6) is 2.48. The van der Waals surface area contributed by atoms with Crippen molar-refractivity contribution in [2.75, 3.05) is 46.5 Å². The van der Waals surface area contributed by atoms with Crippen molar-refractivity contribution in [2.45, 2.75) is 37.8 Å². The largest absolute Gasteiger partial charge is 0.497 e. The van der Waals surface area contributed by atoms with E-state index in [-0.39, 0.29) is 0 Å². The van der Waals surface area contributed by atoms with E-state index in [1.54, 1.807) is 13.3 Å². The molecule has 2 aliphatic heterocycles. The fourth-order valence-electron chi connectivity index (χ4n) is 5.11. The maximum absolute atomic E-state index is 11.1. The highest BCUT2D eigenvalue weighted by Gasteiger charge is 2.21. The smallest absolute Gasteiger partial charge is 0.161 e. The minimum absolute atomic E-state index is 0.500. The average molecular weight is 478 g/mol. The number of aliphatic hydroxyl groups is 1. The van der Waals surface area contributed by atoms with Crippen LogP contribution in [0.25, 0.3) is 10.9 Å². The number of aliphatic hydroxyl groups excluding tert-OH is 1. The van der Waals surface area contributed by atoms with Crippen LogP contribution in [-0.2, 0) is 6.42 Å². The molecule has 2 unspecified atom stereocenters. The van der Waals surface area contributed by atoms with Gasteiger partial charge in [0.2, 0.25) is 0 Å². The van der Waals surface area contributed by atoms with Crippen molar-refractivity contribution in [3.05, 3.63) is 59.8 Å². The molecule has 0 bridgehead atoms. The molecule has 186 valence electrons. The number of benzene rings is 2.